The average Bonchev–Trinajstić information content (AvgIpc) is 2.00. The minimum atomic E-state index is -0.0382. The number of amides is 1. The van der Waals surface area contributed by atoms with Crippen molar-refractivity contribution in [3.05, 3.63) is 0 Å². The van der Waals surface area contributed by atoms with E-state index in [2.05, 4.69) is 0 Å². The smallest absolute Gasteiger partial charge is 0.228 e. The number of rotatable bonds is 1. The van der Waals surface area contributed by atoms with Gasteiger partial charge in [-0.2, -0.15) is 0 Å². The lowest BCUT2D eigenvalue weighted by Crippen LogP contribution is -2.40. The first-order chi connectivity index (χ1) is 5.00. The Morgan fingerprint density at radius 3 is 2.09 bits per heavy atom. The molecule has 64 valence electrons. The Kier molecular flexibility index (Phi) is 3.57. The van der Waals surface area contributed by atoms with Crippen LogP contribution in [0.1, 0.15) is 13.3 Å². The third-order valence-corrected chi connectivity index (χ3v) is 1.42. The standard InChI is InChI=1S/C7H15N3O/c1-5-6(11)10(4)7(8)9(2)3/h8H,5H2,1-4H3. The number of nitrogens with one attached hydrogen (secondary N) is 1. The molecule has 0 rings (SSSR count). The van der Waals surface area contributed by atoms with E-state index in [9.17, 15) is 4.79 Å². The van der Waals surface area contributed by atoms with Crippen LogP contribution in [0.5, 0.6) is 0 Å². The van der Waals surface area contributed by atoms with Gasteiger partial charge in [0, 0.05) is 27.6 Å². The zero-order valence-electron chi connectivity index (χ0n) is 7.51. The topological polar surface area (TPSA) is 47.4 Å². The molecule has 0 aromatic carbocycles. The number of guanidine groups is 1. The molecule has 0 aliphatic rings. The largest absolute Gasteiger partial charge is 0.349 e. The fourth-order valence-corrected chi connectivity index (χ4v) is 0.655. The van der Waals surface area contributed by atoms with Crippen LogP contribution in [0.4, 0.5) is 0 Å². The van der Waals surface area contributed by atoms with Crippen LogP contribution in [-0.4, -0.2) is 42.8 Å². The number of carbonyl (C=O) groups is 1. The predicted molar refractivity (Wildman–Crippen MR) is 44.5 cm³/mol. The molecule has 0 atom stereocenters. The van der Waals surface area contributed by atoms with Crippen molar-refractivity contribution in [2.24, 2.45) is 0 Å². The van der Waals surface area contributed by atoms with E-state index in [1.54, 1.807) is 33.0 Å². The SMILES string of the molecule is CCC(=O)N(C)C(=N)N(C)C. The first kappa shape index (κ1) is 9.94. The Balaban J connectivity index is 4.13. The Labute approximate surface area is 67.3 Å². The fraction of sp³-hybridized carbons (Fsp3) is 0.714. The van der Waals surface area contributed by atoms with Crippen molar-refractivity contribution in [2.75, 3.05) is 21.1 Å². The summed E-state index contributed by atoms with van der Waals surface area (Å²) in [4.78, 5) is 13.9. The normalized spacial score (nSPS) is 9.09. The summed E-state index contributed by atoms with van der Waals surface area (Å²) >= 11 is 0. The molecule has 0 aromatic rings. The van der Waals surface area contributed by atoms with Gasteiger partial charge in [0.25, 0.3) is 0 Å². The van der Waals surface area contributed by atoms with Gasteiger partial charge in [0.2, 0.25) is 5.91 Å². The molecule has 0 aliphatic heterocycles. The molecular formula is C7H15N3O. The van der Waals surface area contributed by atoms with E-state index in [-0.39, 0.29) is 11.9 Å². The summed E-state index contributed by atoms with van der Waals surface area (Å²) < 4.78 is 0. The molecule has 0 saturated heterocycles. The van der Waals surface area contributed by atoms with Crippen molar-refractivity contribution in [3.8, 4) is 0 Å². The number of nitrogens with zero attached hydrogens (tertiary/aromatic N) is 2. The van der Waals surface area contributed by atoms with E-state index in [0.29, 0.717) is 6.42 Å². The Bertz CT molecular complexity index is 165. The maximum Gasteiger partial charge on any atom is 0.228 e. The highest BCUT2D eigenvalue weighted by molar-refractivity contribution is 5.94. The van der Waals surface area contributed by atoms with Crippen LogP contribution < -0.4 is 0 Å². The van der Waals surface area contributed by atoms with Crippen LogP contribution in [0.2, 0.25) is 0 Å². The maximum atomic E-state index is 11.0. The van der Waals surface area contributed by atoms with Crippen molar-refractivity contribution in [2.45, 2.75) is 13.3 Å². The molecule has 4 nitrogen and oxygen atoms in total. The van der Waals surface area contributed by atoms with Crippen molar-refractivity contribution in [3.63, 3.8) is 0 Å². The van der Waals surface area contributed by atoms with Crippen LogP contribution in [0.3, 0.4) is 0 Å². The highest BCUT2D eigenvalue weighted by Crippen LogP contribution is 1.92. The molecule has 0 saturated carbocycles. The zero-order valence-corrected chi connectivity index (χ0v) is 7.51. The van der Waals surface area contributed by atoms with E-state index in [1.165, 1.54) is 4.90 Å². The summed E-state index contributed by atoms with van der Waals surface area (Å²) in [6, 6.07) is 0. The van der Waals surface area contributed by atoms with Crippen LogP contribution in [-0.2, 0) is 4.79 Å². The molecule has 11 heavy (non-hydrogen) atoms. The Morgan fingerprint density at radius 1 is 1.36 bits per heavy atom. The average molecular weight is 157 g/mol. The molecule has 0 fully saturated rings. The van der Waals surface area contributed by atoms with Gasteiger partial charge in [-0.05, 0) is 0 Å². The molecular weight excluding hydrogens is 142 g/mol. The Hall–Kier alpha value is -1.06. The molecule has 0 aromatic heterocycles. The van der Waals surface area contributed by atoms with Crippen molar-refractivity contribution in [1.82, 2.24) is 9.80 Å². The zero-order chi connectivity index (χ0) is 9.02. The van der Waals surface area contributed by atoms with Crippen LogP contribution in [0.15, 0.2) is 0 Å². The molecule has 0 unspecified atom stereocenters. The molecule has 0 bridgehead atoms. The second-order valence-electron chi connectivity index (χ2n) is 2.52. The molecule has 4 heteroatoms. The lowest BCUT2D eigenvalue weighted by molar-refractivity contribution is -0.126. The van der Waals surface area contributed by atoms with Gasteiger partial charge in [-0.1, -0.05) is 6.92 Å². The minimum Gasteiger partial charge on any atom is -0.349 e. The van der Waals surface area contributed by atoms with Gasteiger partial charge >= 0.3 is 0 Å². The van der Waals surface area contributed by atoms with Gasteiger partial charge in [0.05, 0.1) is 0 Å². The Morgan fingerprint density at radius 2 is 1.82 bits per heavy atom. The summed E-state index contributed by atoms with van der Waals surface area (Å²) in [5, 5.41) is 7.41. The lowest BCUT2D eigenvalue weighted by atomic mass is 10.4. The van der Waals surface area contributed by atoms with E-state index >= 15 is 0 Å². The molecule has 0 spiro atoms. The van der Waals surface area contributed by atoms with Crippen molar-refractivity contribution < 1.29 is 4.79 Å². The van der Waals surface area contributed by atoms with E-state index in [0.717, 1.165) is 0 Å². The molecule has 0 radical (unpaired) electrons. The van der Waals surface area contributed by atoms with E-state index < -0.39 is 0 Å². The molecule has 0 aliphatic carbocycles. The van der Waals surface area contributed by atoms with Crippen LogP contribution in [0, 0.1) is 5.41 Å². The third kappa shape index (κ3) is 2.57. The first-order valence-electron chi connectivity index (χ1n) is 3.53. The van der Waals surface area contributed by atoms with E-state index in [4.69, 9.17) is 5.41 Å². The van der Waals surface area contributed by atoms with Gasteiger partial charge in [0.1, 0.15) is 0 Å². The summed E-state index contributed by atoms with van der Waals surface area (Å²) in [5.74, 6) is 0.181. The quantitative estimate of drug-likeness (QED) is 0.441. The molecule has 0 heterocycles. The highest BCUT2D eigenvalue weighted by Gasteiger charge is 2.11. The number of hydrogen-bond acceptors (Lipinski definition) is 2. The number of carbonyl (C=O) groups excluding carboxylic acids is 1. The summed E-state index contributed by atoms with van der Waals surface area (Å²) in [6.45, 7) is 1.78. The van der Waals surface area contributed by atoms with Gasteiger partial charge in [-0.15, -0.1) is 0 Å². The molecule has 1 N–H and O–H groups in total. The third-order valence-electron chi connectivity index (χ3n) is 1.42. The van der Waals surface area contributed by atoms with Gasteiger partial charge < -0.3 is 4.90 Å². The maximum absolute atomic E-state index is 11.0. The van der Waals surface area contributed by atoms with Gasteiger partial charge in [0.15, 0.2) is 5.96 Å². The minimum absolute atomic E-state index is 0.0382. The number of hydrogen-bond donors (Lipinski definition) is 1. The second-order valence-corrected chi connectivity index (χ2v) is 2.52. The highest BCUT2D eigenvalue weighted by atomic mass is 16.2. The fourth-order valence-electron chi connectivity index (χ4n) is 0.655. The second kappa shape index (κ2) is 3.95. The van der Waals surface area contributed by atoms with Crippen LogP contribution >= 0.6 is 0 Å². The predicted octanol–water partition coefficient (Wildman–Crippen LogP) is 0.351. The summed E-state index contributed by atoms with van der Waals surface area (Å²) in [7, 11) is 5.08. The summed E-state index contributed by atoms with van der Waals surface area (Å²) in [5.41, 5.74) is 0. The molecule has 1 amide bonds. The van der Waals surface area contributed by atoms with Gasteiger partial charge in [-0.3, -0.25) is 15.1 Å². The monoisotopic (exact) mass is 157 g/mol. The van der Waals surface area contributed by atoms with Crippen molar-refractivity contribution in [1.29, 1.82) is 5.41 Å². The summed E-state index contributed by atoms with van der Waals surface area (Å²) in [6.07, 6.45) is 0.437. The van der Waals surface area contributed by atoms with E-state index in [1.807, 2.05) is 0 Å². The van der Waals surface area contributed by atoms with Gasteiger partial charge in [-0.25, -0.2) is 0 Å². The lowest BCUT2D eigenvalue weighted by Gasteiger charge is -2.22. The first-order valence-corrected chi connectivity index (χ1v) is 3.53. The van der Waals surface area contributed by atoms with Crippen LogP contribution in [0.25, 0.3) is 0 Å². The van der Waals surface area contributed by atoms with Crippen molar-refractivity contribution >= 4 is 11.9 Å².